The minimum atomic E-state index is -0.871. The Hall–Kier alpha value is -3.35. The van der Waals surface area contributed by atoms with E-state index in [0.29, 0.717) is 29.2 Å². The lowest BCUT2D eigenvalue weighted by Crippen LogP contribution is -2.28. The van der Waals surface area contributed by atoms with E-state index in [1.807, 2.05) is 39.2 Å². The number of carbonyl (C=O) groups excluding carboxylic acids is 1. The molecule has 1 aliphatic rings. The largest absolute Gasteiger partial charge is 0.493 e. The Balaban J connectivity index is 0.00000166. The molecule has 2 aromatic carbocycles. The van der Waals surface area contributed by atoms with Crippen LogP contribution < -0.4 is 14.4 Å². The Morgan fingerprint density at radius 2 is 2.00 bits per heavy atom. The highest BCUT2D eigenvalue weighted by Crippen LogP contribution is 2.35. The number of hydrogen-bond acceptors (Lipinski definition) is 6. The molecule has 1 heterocycles. The number of benzene rings is 2. The smallest absolute Gasteiger partial charge is 0.303 e. The van der Waals surface area contributed by atoms with Crippen LogP contribution in [-0.2, 0) is 11.2 Å². The van der Waals surface area contributed by atoms with E-state index in [-0.39, 0.29) is 19.1 Å². The summed E-state index contributed by atoms with van der Waals surface area (Å²) < 4.78 is 11.0. The first-order valence-corrected chi connectivity index (χ1v) is 10.4. The van der Waals surface area contributed by atoms with Crippen molar-refractivity contribution in [3.63, 3.8) is 0 Å². The summed E-state index contributed by atoms with van der Waals surface area (Å²) in [4.78, 5) is 28.9. The van der Waals surface area contributed by atoms with Crippen molar-refractivity contribution in [2.75, 3.05) is 25.7 Å². The summed E-state index contributed by atoms with van der Waals surface area (Å²) in [7, 11) is 3.51. The molecule has 0 aliphatic carbocycles. The summed E-state index contributed by atoms with van der Waals surface area (Å²) in [5, 5.41) is 8.74. The van der Waals surface area contributed by atoms with Crippen LogP contribution >= 0.6 is 0 Å². The number of carboxylic acids is 1. The van der Waals surface area contributed by atoms with E-state index < -0.39 is 5.97 Å². The first-order chi connectivity index (χ1) is 15.0. The SMILES string of the molecule is CC.COc1cc(C=O)c(N=CC2Cc3ccccc3N2C)cc1OCCCC(=O)O. The second-order valence-corrected chi connectivity index (χ2v) is 6.81. The molecular formula is C24H30N2O5. The maximum absolute atomic E-state index is 11.5. The third-order valence-electron chi connectivity index (χ3n) is 4.92. The summed E-state index contributed by atoms with van der Waals surface area (Å²) in [5.74, 6) is -0.0331. The van der Waals surface area contributed by atoms with Crippen molar-refractivity contribution in [2.24, 2.45) is 4.99 Å². The lowest BCUT2D eigenvalue weighted by Gasteiger charge is -2.19. The summed E-state index contributed by atoms with van der Waals surface area (Å²) in [6.07, 6.45) is 3.81. The number of aliphatic carboxylic acids is 1. The third-order valence-corrected chi connectivity index (χ3v) is 4.92. The predicted molar refractivity (Wildman–Crippen MR) is 123 cm³/mol. The van der Waals surface area contributed by atoms with Crippen molar-refractivity contribution >= 4 is 29.8 Å². The summed E-state index contributed by atoms with van der Waals surface area (Å²) >= 11 is 0. The van der Waals surface area contributed by atoms with Crippen LogP contribution in [0.25, 0.3) is 0 Å². The van der Waals surface area contributed by atoms with E-state index in [4.69, 9.17) is 14.6 Å². The normalized spacial score (nSPS) is 14.6. The molecule has 1 atom stereocenters. The minimum Gasteiger partial charge on any atom is -0.493 e. The molecule has 0 spiro atoms. The molecule has 7 heteroatoms. The van der Waals surface area contributed by atoms with E-state index >= 15 is 0 Å². The lowest BCUT2D eigenvalue weighted by atomic mass is 10.1. The van der Waals surface area contributed by atoms with Crippen LogP contribution in [0.4, 0.5) is 11.4 Å². The van der Waals surface area contributed by atoms with Gasteiger partial charge in [0, 0.05) is 37.0 Å². The number of rotatable bonds is 9. The first kappa shape index (κ1) is 23.9. The zero-order valence-corrected chi connectivity index (χ0v) is 18.5. The second kappa shape index (κ2) is 11.7. The number of carboxylic acid groups (broad SMARTS) is 1. The number of hydrogen-bond donors (Lipinski definition) is 1. The molecule has 1 aliphatic heterocycles. The minimum absolute atomic E-state index is 0.0221. The number of carbonyl (C=O) groups is 2. The molecule has 0 aromatic heterocycles. The fraction of sp³-hybridized carbons (Fsp3) is 0.375. The number of aldehydes is 1. The molecule has 7 nitrogen and oxygen atoms in total. The average Bonchev–Trinajstić information content (AvgIpc) is 3.12. The first-order valence-electron chi connectivity index (χ1n) is 10.4. The molecule has 0 amide bonds. The van der Waals surface area contributed by atoms with E-state index in [0.717, 1.165) is 12.7 Å². The molecule has 1 N–H and O–H groups in total. The molecule has 1 unspecified atom stereocenters. The Kier molecular flexibility index (Phi) is 9.06. The molecule has 0 radical (unpaired) electrons. The molecule has 0 fully saturated rings. The number of fused-ring (bicyclic) bond motifs is 1. The molecule has 0 saturated carbocycles. The van der Waals surface area contributed by atoms with Gasteiger partial charge < -0.3 is 19.5 Å². The Labute approximate surface area is 183 Å². The van der Waals surface area contributed by atoms with Crippen LogP contribution in [0.1, 0.15) is 42.6 Å². The van der Waals surface area contributed by atoms with Crippen LogP contribution in [0.15, 0.2) is 41.4 Å². The van der Waals surface area contributed by atoms with Gasteiger partial charge in [0.2, 0.25) is 0 Å². The van der Waals surface area contributed by atoms with E-state index in [1.54, 1.807) is 12.1 Å². The zero-order valence-electron chi connectivity index (χ0n) is 18.5. The topological polar surface area (TPSA) is 88.4 Å². The highest BCUT2D eigenvalue weighted by atomic mass is 16.5. The third kappa shape index (κ3) is 6.07. The van der Waals surface area contributed by atoms with Gasteiger partial charge in [0.1, 0.15) is 0 Å². The predicted octanol–water partition coefficient (Wildman–Crippen LogP) is 4.54. The van der Waals surface area contributed by atoms with Crippen molar-refractivity contribution in [1.29, 1.82) is 0 Å². The maximum Gasteiger partial charge on any atom is 0.303 e. The van der Waals surface area contributed by atoms with Gasteiger partial charge in [-0.1, -0.05) is 32.0 Å². The Morgan fingerprint density at radius 1 is 1.26 bits per heavy atom. The van der Waals surface area contributed by atoms with Crippen molar-refractivity contribution in [2.45, 2.75) is 39.2 Å². The van der Waals surface area contributed by atoms with Gasteiger partial charge in [-0.2, -0.15) is 0 Å². The average molecular weight is 427 g/mol. The van der Waals surface area contributed by atoms with Crippen LogP contribution in [0.5, 0.6) is 11.5 Å². The highest BCUT2D eigenvalue weighted by molar-refractivity contribution is 5.88. The number of likely N-dealkylation sites (N-methyl/N-ethyl adjacent to an activating group) is 1. The fourth-order valence-electron chi connectivity index (χ4n) is 3.34. The van der Waals surface area contributed by atoms with Crippen molar-refractivity contribution in [3.05, 3.63) is 47.5 Å². The Bertz CT molecular complexity index is 926. The molecule has 2 aromatic rings. The van der Waals surface area contributed by atoms with Crippen LogP contribution in [-0.4, -0.2) is 50.4 Å². The van der Waals surface area contributed by atoms with E-state index in [1.165, 1.54) is 18.4 Å². The Morgan fingerprint density at radius 3 is 2.65 bits per heavy atom. The van der Waals surface area contributed by atoms with Crippen LogP contribution in [0, 0.1) is 0 Å². The van der Waals surface area contributed by atoms with Gasteiger partial charge in [-0.3, -0.25) is 14.6 Å². The number of anilines is 1. The van der Waals surface area contributed by atoms with Crippen molar-refractivity contribution < 1.29 is 24.2 Å². The standard InChI is InChI=1S/C22H24N2O5.C2H6/c1-24-17(10-15-6-3-4-7-19(15)24)13-23-18-12-21(29-9-5-8-22(26)27)20(28-2)11-16(18)14-25;1-2/h3-4,6-7,11-14,17H,5,8-10H2,1-2H3,(H,26,27);1-2H3. The highest BCUT2D eigenvalue weighted by Gasteiger charge is 2.24. The van der Waals surface area contributed by atoms with Crippen molar-refractivity contribution in [3.8, 4) is 11.5 Å². The zero-order chi connectivity index (χ0) is 22.8. The fourth-order valence-corrected chi connectivity index (χ4v) is 3.34. The molecule has 166 valence electrons. The van der Waals surface area contributed by atoms with E-state index in [2.05, 4.69) is 22.0 Å². The van der Waals surface area contributed by atoms with Crippen LogP contribution in [0.3, 0.4) is 0 Å². The van der Waals surface area contributed by atoms with Gasteiger partial charge in [-0.05, 0) is 30.5 Å². The van der Waals surface area contributed by atoms with Gasteiger partial charge in [0.05, 0.1) is 25.4 Å². The molecule has 0 bridgehead atoms. The number of aliphatic imine (C=N–C) groups is 1. The molecule has 31 heavy (non-hydrogen) atoms. The molecule has 0 saturated heterocycles. The van der Waals surface area contributed by atoms with E-state index in [9.17, 15) is 9.59 Å². The monoisotopic (exact) mass is 426 g/mol. The maximum atomic E-state index is 11.5. The number of ether oxygens (including phenoxy) is 2. The quantitative estimate of drug-likeness (QED) is 0.360. The van der Waals surface area contributed by atoms with Gasteiger partial charge >= 0.3 is 5.97 Å². The van der Waals surface area contributed by atoms with Crippen molar-refractivity contribution in [1.82, 2.24) is 0 Å². The summed E-state index contributed by atoms with van der Waals surface area (Å²) in [6, 6.07) is 11.5. The molecule has 3 rings (SSSR count). The summed E-state index contributed by atoms with van der Waals surface area (Å²) in [5.41, 5.74) is 3.32. The van der Waals surface area contributed by atoms with Gasteiger partial charge in [0.15, 0.2) is 17.8 Å². The number of methoxy groups -OCH3 is 1. The lowest BCUT2D eigenvalue weighted by molar-refractivity contribution is -0.137. The van der Waals surface area contributed by atoms with Gasteiger partial charge in [-0.15, -0.1) is 0 Å². The number of nitrogens with zero attached hydrogens (tertiary/aromatic N) is 2. The molecular weight excluding hydrogens is 396 g/mol. The second-order valence-electron chi connectivity index (χ2n) is 6.81. The van der Waals surface area contributed by atoms with Crippen LogP contribution in [0.2, 0.25) is 0 Å². The van der Waals surface area contributed by atoms with Gasteiger partial charge in [-0.25, -0.2) is 0 Å². The van der Waals surface area contributed by atoms with Gasteiger partial charge in [0.25, 0.3) is 0 Å². The summed E-state index contributed by atoms with van der Waals surface area (Å²) in [6.45, 7) is 4.23. The number of para-hydroxylation sites is 1.